The van der Waals surface area contributed by atoms with E-state index >= 15 is 0 Å². The molecule has 2 aromatic carbocycles. The number of aliphatic carboxylic acids is 1. The third kappa shape index (κ3) is 4.29. The summed E-state index contributed by atoms with van der Waals surface area (Å²) in [7, 11) is -4.08. The molecule has 33 heavy (non-hydrogen) atoms. The molecule has 0 amide bonds. The molecular weight excluding hydrogens is 447 g/mol. The van der Waals surface area contributed by atoms with Crippen LogP contribution >= 0.6 is 0 Å². The van der Waals surface area contributed by atoms with Crippen LogP contribution in [0.5, 0.6) is 0 Å². The lowest BCUT2D eigenvalue weighted by molar-refractivity contribution is -0.136. The number of hydrogen-bond acceptors (Lipinski definition) is 6. The van der Waals surface area contributed by atoms with Gasteiger partial charge in [0, 0.05) is 28.2 Å². The third-order valence-electron chi connectivity index (χ3n) is 5.20. The molecule has 2 aromatic heterocycles. The van der Waals surface area contributed by atoms with E-state index in [2.05, 4.69) is 15.3 Å². The Morgan fingerprint density at radius 1 is 1.03 bits per heavy atom. The van der Waals surface area contributed by atoms with E-state index in [0.29, 0.717) is 11.6 Å². The minimum atomic E-state index is -4.08. The van der Waals surface area contributed by atoms with E-state index in [9.17, 15) is 22.7 Å². The van der Waals surface area contributed by atoms with Gasteiger partial charge in [0.05, 0.1) is 16.8 Å². The smallest absolute Gasteiger partial charge is 0.307 e. The zero-order valence-electron chi connectivity index (χ0n) is 18.1. The SMILES string of the molecule is Cc1cc(C)nc(Nc2ccc(S(=O)(=O)n3c(C)c(CC(=O)O)c4cc(F)ccc43)cc2)n1. The Morgan fingerprint density at radius 3 is 2.27 bits per heavy atom. The Balaban J connectivity index is 1.75. The first-order valence-electron chi connectivity index (χ1n) is 10.0. The number of benzene rings is 2. The van der Waals surface area contributed by atoms with Gasteiger partial charge in [0.25, 0.3) is 10.0 Å². The molecule has 0 aliphatic heterocycles. The summed E-state index contributed by atoms with van der Waals surface area (Å²) in [4.78, 5) is 19.9. The van der Waals surface area contributed by atoms with Gasteiger partial charge in [-0.05, 0) is 74.9 Å². The van der Waals surface area contributed by atoms with Crippen molar-refractivity contribution in [3.8, 4) is 0 Å². The monoisotopic (exact) mass is 468 g/mol. The number of carboxylic acids is 1. The Kier molecular flexibility index (Phi) is 5.62. The number of fused-ring (bicyclic) bond motifs is 1. The molecule has 0 spiro atoms. The number of halogens is 1. The van der Waals surface area contributed by atoms with Gasteiger partial charge in [0.1, 0.15) is 5.82 Å². The number of aromatic nitrogens is 3. The van der Waals surface area contributed by atoms with Gasteiger partial charge in [-0.3, -0.25) is 4.79 Å². The zero-order valence-corrected chi connectivity index (χ0v) is 18.9. The highest BCUT2D eigenvalue weighted by Crippen LogP contribution is 2.31. The first kappa shape index (κ1) is 22.4. The maximum Gasteiger partial charge on any atom is 0.307 e. The highest BCUT2D eigenvalue weighted by Gasteiger charge is 2.26. The maximum atomic E-state index is 13.9. The second-order valence-electron chi connectivity index (χ2n) is 7.69. The quantitative estimate of drug-likeness (QED) is 0.438. The van der Waals surface area contributed by atoms with Crippen LogP contribution in [0, 0.1) is 26.6 Å². The fourth-order valence-corrected chi connectivity index (χ4v) is 5.42. The topological polar surface area (TPSA) is 114 Å². The van der Waals surface area contributed by atoms with Crippen molar-refractivity contribution in [2.24, 2.45) is 0 Å². The third-order valence-corrected chi connectivity index (χ3v) is 7.02. The molecule has 0 aliphatic rings. The van der Waals surface area contributed by atoms with Gasteiger partial charge in [-0.1, -0.05) is 0 Å². The zero-order chi connectivity index (χ0) is 23.9. The van der Waals surface area contributed by atoms with Crippen molar-refractivity contribution in [2.75, 3.05) is 5.32 Å². The minimum absolute atomic E-state index is 0.000547. The number of nitrogens with zero attached hydrogens (tertiary/aromatic N) is 3. The van der Waals surface area contributed by atoms with E-state index in [-0.39, 0.29) is 27.1 Å². The number of carbonyl (C=O) groups is 1. The molecule has 0 radical (unpaired) electrons. The van der Waals surface area contributed by atoms with E-state index in [4.69, 9.17) is 0 Å². The average molecular weight is 469 g/mol. The van der Waals surface area contributed by atoms with Crippen LogP contribution in [0.4, 0.5) is 16.0 Å². The van der Waals surface area contributed by atoms with Crippen LogP contribution in [-0.2, 0) is 21.2 Å². The first-order valence-corrected chi connectivity index (χ1v) is 11.5. The largest absolute Gasteiger partial charge is 0.481 e. The molecular formula is C23H21FN4O4S. The van der Waals surface area contributed by atoms with E-state index < -0.39 is 28.2 Å². The Labute approximate surface area is 189 Å². The van der Waals surface area contributed by atoms with Crippen LogP contribution in [0.1, 0.15) is 22.6 Å². The molecule has 170 valence electrons. The Morgan fingerprint density at radius 2 is 1.67 bits per heavy atom. The molecule has 8 nitrogen and oxygen atoms in total. The lowest BCUT2D eigenvalue weighted by Gasteiger charge is -2.12. The summed E-state index contributed by atoms with van der Waals surface area (Å²) in [5.74, 6) is -1.31. The predicted molar refractivity (Wildman–Crippen MR) is 122 cm³/mol. The summed E-state index contributed by atoms with van der Waals surface area (Å²) in [6.45, 7) is 5.22. The van der Waals surface area contributed by atoms with Crippen LogP contribution in [0.3, 0.4) is 0 Å². The van der Waals surface area contributed by atoms with Crippen LogP contribution < -0.4 is 5.32 Å². The van der Waals surface area contributed by atoms with Gasteiger partial charge < -0.3 is 10.4 Å². The molecule has 10 heteroatoms. The van der Waals surface area contributed by atoms with Crippen LogP contribution in [0.2, 0.25) is 0 Å². The maximum absolute atomic E-state index is 13.9. The van der Waals surface area contributed by atoms with Gasteiger partial charge in [0.15, 0.2) is 0 Å². The Hall–Kier alpha value is -3.79. The minimum Gasteiger partial charge on any atom is -0.481 e. The van der Waals surface area contributed by atoms with Gasteiger partial charge in [-0.25, -0.2) is 26.7 Å². The van der Waals surface area contributed by atoms with Crippen molar-refractivity contribution in [3.63, 3.8) is 0 Å². The standard InChI is InChI=1S/C23H21FN4O4S/c1-13-10-14(2)26-23(25-13)27-17-5-7-18(8-6-17)33(31,32)28-15(3)19(12-22(29)30)20-11-16(24)4-9-21(20)28/h4-11H,12H2,1-3H3,(H,29,30)(H,25,26,27). The van der Waals surface area contributed by atoms with Crippen molar-refractivity contribution >= 4 is 38.5 Å². The number of anilines is 2. The van der Waals surface area contributed by atoms with Gasteiger partial charge in [0.2, 0.25) is 5.95 Å². The van der Waals surface area contributed by atoms with Crippen molar-refractivity contribution < 1.29 is 22.7 Å². The molecule has 4 rings (SSSR count). The number of hydrogen-bond donors (Lipinski definition) is 2. The molecule has 0 aliphatic carbocycles. The molecule has 0 saturated carbocycles. The lowest BCUT2D eigenvalue weighted by atomic mass is 10.1. The molecule has 4 aromatic rings. The van der Waals surface area contributed by atoms with Crippen molar-refractivity contribution in [2.45, 2.75) is 32.1 Å². The van der Waals surface area contributed by atoms with Crippen molar-refractivity contribution in [1.82, 2.24) is 13.9 Å². The van der Waals surface area contributed by atoms with Crippen LogP contribution in [0.15, 0.2) is 53.4 Å². The second-order valence-corrected chi connectivity index (χ2v) is 9.48. The van der Waals surface area contributed by atoms with E-state index in [1.165, 1.54) is 25.1 Å². The molecule has 0 fully saturated rings. The first-order chi connectivity index (χ1) is 15.6. The summed E-state index contributed by atoms with van der Waals surface area (Å²) in [5.41, 5.74) is 2.90. The lowest BCUT2D eigenvalue weighted by Crippen LogP contribution is -2.15. The molecule has 0 unspecified atom stereocenters. The highest BCUT2D eigenvalue weighted by molar-refractivity contribution is 7.90. The van der Waals surface area contributed by atoms with E-state index in [0.717, 1.165) is 27.5 Å². The van der Waals surface area contributed by atoms with Gasteiger partial charge in [-0.2, -0.15) is 0 Å². The van der Waals surface area contributed by atoms with E-state index in [1.807, 2.05) is 19.9 Å². The fraction of sp³-hybridized carbons (Fsp3) is 0.174. The summed E-state index contributed by atoms with van der Waals surface area (Å²) < 4.78 is 41.9. The van der Waals surface area contributed by atoms with Gasteiger partial charge in [-0.15, -0.1) is 0 Å². The Bertz CT molecular complexity index is 1480. The van der Waals surface area contributed by atoms with Gasteiger partial charge >= 0.3 is 5.97 Å². The van der Waals surface area contributed by atoms with Crippen LogP contribution in [0.25, 0.3) is 10.9 Å². The summed E-state index contributed by atoms with van der Waals surface area (Å²) in [6.07, 6.45) is -0.424. The van der Waals surface area contributed by atoms with Crippen molar-refractivity contribution in [1.29, 1.82) is 0 Å². The fourth-order valence-electron chi connectivity index (χ4n) is 3.84. The molecule has 0 atom stereocenters. The summed E-state index contributed by atoms with van der Waals surface area (Å²) >= 11 is 0. The molecule has 2 N–H and O–H groups in total. The molecule has 0 bridgehead atoms. The number of nitrogens with one attached hydrogen (secondary N) is 1. The predicted octanol–water partition coefficient (Wildman–Crippen LogP) is 4.10. The van der Waals surface area contributed by atoms with E-state index in [1.54, 1.807) is 12.1 Å². The number of carboxylic acid groups (broad SMARTS) is 1. The summed E-state index contributed by atoms with van der Waals surface area (Å²) in [5, 5.41) is 12.6. The second kappa shape index (κ2) is 8.28. The van der Waals surface area contributed by atoms with Crippen LogP contribution in [-0.4, -0.2) is 33.4 Å². The number of rotatable bonds is 6. The summed E-state index contributed by atoms with van der Waals surface area (Å²) in [6, 6.07) is 11.5. The molecule has 2 heterocycles. The normalized spacial score (nSPS) is 11.6. The average Bonchev–Trinajstić information content (AvgIpc) is 2.99. The highest BCUT2D eigenvalue weighted by atomic mass is 32.2. The van der Waals surface area contributed by atoms with Crippen molar-refractivity contribution in [3.05, 3.63) is 77.0 Å². The number of aryl methyl sites for hydroxylation is 2. The molecule has 0 saturated heterocycles.